The number of hydrogen-bond acceptors (Lipinski definition) is 0. The normalized spacial score (nSPS) is 10.6. The van der Waals surface area contributed by atoms with Crippen molar-refractivity contribution >= 4 is 23.2 Å². The van der Waals surface area contributed by atoms with Gasteiger partial charge in [-0.25, -0.2) is 0 Å². The lowest BCUT2D eigenvalue weighted by Gasteiger charge is -2.15. The van der Waals surface area contributed by atoms with Gasteiger partial charge >= 0.3 is 0 Å². The third-order valence-corrected chi connectivity index (χ3v) is 3.66. The molecule has 0 amide bonds. The largest absolute Gasteiger partial charge is 0.122 e. The van der Waals surface area contributed by atoms with Crippen LogP contribution in [0.15, 0.2) is 0 Å². The van der Waals surface area contributed by atoms with E-state index in [1.165, 1.54) is 16.7 Å². The van der Waals surface area contributed by atoms with Gasteiger partial charge in [-0.15, -0.1) is 11.6 Å². The van der Waals surface area contributed by atoms with Crippen molar-refractivity contribution in [1.29, 1.82) is 0 Å². The first-order chi connectivity index (χ1) is 6.00. The molecule has 0 radical (unpaired) electrons. The highest BCUT2D eigenvalue weighted by molar-refractivity contribution is 6.32. The average Bonchev–Trinajstić information content (AvgIpc) is 2.13. The van der Waals surface area contributed by atoms with Gasteiger partial charge in [0.15, 0.2) is 0 Å². The molecule has 0 spiro atoms. The summed E-state index contributed by atoms with van der Waals surface area (Å²) >= 11 is 12.1. The number of alkyl halides is 1. The molecule has 0 fully saturated rings. The Hall–Kier alpha value is -0.200. The van der Waals surface area contributed by atoms with Gasteiger partial charge in [0.05, 0.1) is 0 Å². The van der Waals surface area contributed by atoms with Crippen molar-refractivity contribution in [3.8, 4) is 0 Å². The van der Waals surface area contributed by atoms with Gasteiger partial charge in [-0.3, -0.25) is 0 Å². The first kappa shape index (κ1) is 10.9. The van der Waals surface area contributed by atoms with Crippen LogP contribution in [0.25, 0.3) is 0 Å². The number of hydrogen-bond donors (Lipinski definition) is 0. The molecule has 0 aliphatic heterocycles. The van der Waals surface area contributed by atoms with E-state index < -0.39 is 0 Å². The molecule has 0 aliphatic carbocycles. The lowest BCUT2D eigenvalue weighted by molar-refractivity contribution is 1.16. The van der Waals surface area contributed by atoms with Gasteiger partial charge in [-0.05, 0) is 55.5 Å². The maximum atomic E-state index is 6.17. The molecule has 0 aliphatic rings. The maximum Gasteiger partial charge on any atom is 0.0479 e. The molecule has 13 heavy (non-hydrogen) atoms. The summed E-state index contributed by atoms with van der Waals surface area (Å²) in [5.41, 5.74) is 5.98. The minimum absolute atomic E-state index is 0.566. The summed E-state index contributed by atoms with van der Waals surface area (Å²) < 4.78 is 0. The monoisotopic (exact) mass is 216 g/mol. The molecule has 0 nitrogen and oxygen atoms in total. The van der Waals surface area contributed by atoms with Crippen molar-refractivity contribution in [3.63, 3.8) is 0 Å². The number of halogens is 2. The molecule has 0 saturated heterocycles. The zero-order valence-electron chi connectivity index (χ0n) is 8.46. The van der Waals surface area contributed by atoms with E-state index in [4.69, 9.17) is 23.2 Å². The van der Waals surface area contributed by atoms with E-state index in [1.807, 2.05) is 13.8 Å². The molecule has 1 rings (SSSR count). The van der Waals surface area contributed by atoms with E-state index in [0.717, 1.165) is 16.1 Å². The van der Waals surface area contributed by atoms with Crippen molar-refractivity contribution in [2.45, 2.75) is 33.6 Å². The topological polar surface area (TPSA) is 0 Å². The molecule has 1 aromatic carbocycles. The Morgan fingerprint density at radius 2 is 1.23 bits per heavy atom. The van der Waals surface area contributed by atoms with Crippen LogP contribution in [-0.4, -0.2) is 0 Å². The van der Waals surface area contributed by atoms with Gasteiger partial charge in [0.1, 0.15) is 0 Å². The van der Waals surface area contributed by atoms with Crippen LogP contribution in [0.5, 0.6) is 0 Å². The van der Waals surface area contributed by atoms with Crippen LogP contribution < -0.4 is 0 Å². The van der Waals surface area contributed by atoms with E-state index in [-0.39, 0.29) is 0 Å². The van der Waals surface area contributed by atoms with Gasteiger partial charge in [0.2, 0.25) is 0 Å². The van der Waals surface area contributed by atoms with Crippen LogP contribution in [0.3, 0.4) is 0 Å². The summed E-state index contributed by atoms with van der Waals surface area (Å²) in [5, 5.41) is 0.879. The predicted molar refractivity (Wildman–Crippen MR) is 60.0 cm³/mol. The highest BCUT2D eigenvalue weighted by Crippen LogP contribution is 2.30. The van der Waals surface area contributed by atoms with Crippen LogP contribution in [-0.2, 0) is 5.88 Å². The second-order valence-electron chi connectivity index (χ2n) is 3.43. The summed E-state index contributed by atoms with van der Waals surface area (Å²) in [4.78, 5) is 0. The maximum absolute atomic E-state index is 6.17. The molecule has 2 heteroatoms. The number of rotatable bonds is 1. The van der Waals surface area contributed by atoms with E-state index >= 15 is 0 Å². The SMILES string of the molecule is Cc1c(C)c(CCl)c(C)c(C)c1Cl. The smallest absolute Gasteiger partial charge is 0.0479 e. The van der Waals surface area contributed by atoms with Crippen molar-refractivity contribution in [2.24, 2.45) is 0 Å². The molecule has 0 unspecified atom stereocenters. The third-order valence-electron chi connectivity index (χ3n) is 2.82. The van der Waals surface area contributed by atoms with E-state index in [1.54, 1.807) is 0 Å². The molecule has 1 aromatic rings. The molecular weight excluding hydrogens is 203 g/mol. The van der Waals surface area contributed by atoms with Crippen molar-refractivity contribution in [1.82, 2.24) is 0 Å². The number of benzene rings is 1. The van der Waals surface area contributed by atoms with E-state index in [9.17, 15) is 0 Å². The fourth-order valence-corrected chi connectivity index (χ4v) is 2.23. The Labute approximate surface area is 89.9 Å². The van der Waals surface area contributed by atoms with Crippen LogP contribution in [0.4, 0.5) is 0 Å². The fraction of sp³-hybridized carbons (Fsp3) is 0.455. The Kier molecular flexibility index (Phi) is 3.26. The van der Waals surface area contributed by atoms with Gasteiger partial charge < -0.3 is 0 Å². The van der Waals surface area contributed by atoms with Crippen molar-refractivity contribution < 1.29 is 0 Å². The second kappa shape index (κ2) is 3.89. The minimum atomic E-state index is 0.566. The predicted octanol–water partition coefficient (Wildman–Crippen LogP) is 4.31. The highest BCUT2D eigenvalue weighted by Gasteiger charge is 2.11. The Balaban J connectivity index is 3.56. The summed E-state index contributed by atoms with van der Waals surface area (Å²) in [6.07, 6.45) is 0. The second-order valence-corrected chi connectivity index (χ2v) is 4.07. The standard InChI is InChI=1S/C11H14Cl2/c1-6-8(3)11(13)9(4)7(2)10(6)5-12/h5H2,1-4H3. The Morgan fingerprint density at radius 1 is 0.846 bits per heavy atom. The van der Waals surface area contributed by atoms with Crippen LogP contribution in [0.1, 0.15) is 27.8 Å². The molecular formula is C11H14Cl2. The summed E-state index contributed by atoms with van der Waals surface area (Å²) in [6, 6.07) is 0. The van der Waals surface area contributed by atoms with Crippen molar-refractivity contribution in [3.05, 3.63) is 32.8 Å². The fourth-order valence-electron chi connectivity index (χ4n) is 1.54. The van der Waals surface area contributed by atoms with Crippen LogP contribution in [0.2, 0.25) is 5.02 Å². The van der Waals surface area contributed by atoms with Gasteiger partial charge in [-0.1, -0.05) is 11.6 Å². The Morgan fingerprint density at radius 3 is 1.54 bits per heavy atom. The highest BCUT2D eigenvalue weighted by atomic mass is 35.5. The zero-order chi connectivity index (χ0) is 10.2. The molecule has 0 N–H and O–H groups in total. The zero-order valence-corrected chi connectivity index (χ0v) is 9.97. The first-order valence-corrected chi connectivity index (χ1v) is 5.22. The summed E-state index contributed by atoms with van der Waals surface area (Å²) in [7, 11) is 0. The lowest BCUT2D eigenvalue weighted by atomic mass is 9.95. The molecule has 0 atom stereocenters. The molecule has 0 aromatic heterocycles. The van der Waals surface area contributed by atoms with Crippen LogP contribution >= 0.6 is 23.2 Å². The lowest BCUT2D eigenvalue weighted by Crippen LogP contribution is -1.98. The summed E-state index contributed by atoms with van der Waals surface area (Å²) in [6.45, 7) is 8.23. The van der Waals surface area contributed by atoms with E-state index in [0.29, 0.717) is 5.88 Å². The minimum Gasteiger partial charge on any atom is -0.122 e. The van der Waals surface area contributed by atoms with Gasteiger partial charge in [-0.2, -0.15) is 0 Å². The average molecular weight is 217 g/mol. The van der Waals surface area contributed by atoms with E-state index in [2.05, 4.69) is 13.8 Å². The Bertz CT molecular complexity index is 311. The molecule has 0 heterocycles. The third kappa shape index (κ3) is 1.70. The van der Waals surface area contributed by atoms with Gasteiger partial charge in [0.25, 0.3) is 0 Å². The van der Waals surface area contributed by atoms with Crippen LogP contribution in [0, 0.1) is 27.7 Å². The quantitative estimate of drug-likeness (QED) is 0.615. The van der Waals surface area contributed by atoms with Gasteiger partial charge in [0, 0.05) is 10.9 Å². The molecule has 0 bridgehead atoms. The molecule has 72 valence electrons. The van der Waals surface area contributed by atoms with Crippen molar-refractivity contribution in [2.75, 3.05) is 0 Å². The molecule has 0 saturated carbocycles. The first-order valence-electron chi connectivity index (χ1n) is 4.31. The summed E-state index contributed by atoms with van der Waals surface area (Å²) in [5.74, 6) is 0.566.